The summed E-state index contributed by atoms with van der Waals surface area (Å²) in [6.07, 6.45) is 9.46. The molecule has 2 aliphatic rings. The number of carbonyl (C=O) groups is 8. The maximum Gasteiger partial charge on any atom is 0.335 e. The summed E-state index contributed by atoms with van der Waals surface area (Å²) >= 11 is 11.7. The van der Waals surface area contributed by atoms with E-state index in [-0.39, 0.29) is 87.3 Å². The molecule has 4 aromatic heterocycles. The number of aromatic nitrogens is 2. The van der Waals surface area contributed by atoms with Crippen LogP contribution in [0.3, 0.4) is 0 Å². The van der Waals surface area contributed by atoms with Gasteiger partial charge >= 0.3 is 5.97 Å². The van der Waals surface area contributed by atoms with Crippen LogP contribution in [0.4, 0.5) is 23.0 Å². The number of benzene rings is 2. The third-order valence-electron chi connectivity index (χ3n) is 12.7. The van der Waals surface area contributed by atoms with Crippen LogP contribution in [0, 0.1) is 11.8 Å². The van der Waals surface area contributed by atoms with E-state index in [9.17, 15) is 43.5 Å². The smallest absolute Gasteiger partial charge is 0.335 e. The fourth-order valence-corrected chi connectivity index (χ4v) is 8.87. The van der Waals surface area contributed by atoms with Crippen LogP contribution in [0.2, 0.25) is 10.0 Å². The number of furan rings is 2. The number of nitrogens with zero attached hydrogens (tertiary/aromatic N) is 5. The summed E-state index contributed by atoms with van der Waals surface area (Å²) in [5, 5.41) is 21.9. The molecule has 0 unspecified atom stereocenters. The SMILES string of the molecule is CN(C)C(=O)c1ccc2oc(C(=O)Nc3ccc(Cl)cn3)c(NC(=O)C3CCC(N(C)C=O)CC3)c2c1.CN(C=O)C1CCC(C(=O)Nc2c(C(=O)Nc3ccc(Cl)cn3)oc3ccc(C(=O)O)cc23)CC1. The number of amides is 7. The molecule has 0 radical (unpaired) electrons. The summed E-state index contributed by atoms with van der Waals surface area (Å²) in [6.45, 7) is 0. The number of carbonyl (C=O) groups excluding carboxylic acids is 7. The Kier molecular flexibility index (Phi) is 16.6. The van der Waals surface area contributed by atoms with Crippen molar-refractivity contribution in [3.05, 3.63) is 106 Å². The van der Waals surface area contributed by atoms with Crippen molar-refractivity contribution in [2.45, 2.75) is 63.5 Å². The van der Waals surface area contributed by atoms with Crippen LogP contribution in [0.5, 0.6) is 0 Å². The Hall–Kier alpha value is -7.84. The van der Waals surface area contributed by atoms with Gasteiger partial charge in [-0.25, -0.2) is 14.8 Å². The molecule has 2 fully saturated rings. The van der Waals surface area contributed by atoms with Crippen LogP contribution >= 0.6 is 23.2 Å². The van der Waals surface area contributed by atoms with Gasteiger partial charge in [0.1, 0.15) is 34.2 Å². The number of halogens is 2. The molecule has 22 heteroatoms. The van der Waals surface area contributed by atoms with Crippen molar-refractivity contribution >= 4 is 116 Å². The highest BCUT2D eigenvalue weighted by molar-refractivity contribution is 6.30. The Bertz CT molecular complexity index is 3020. The lowest BCUT2D eigenvalue weighted by Gasteiger charge is -2.32. The van der Waals surface area contributed by atoms with E-state index in [1.54, 1.807) is 74.4 Å². The second-order valence-electron chi connectivity index (χ2n) is 17.7. The Labute approximate surface area is 422 Å². The molecule has 0 saturated heterocycles. The zero-order chi connectivity index (χ0) is 51.8. The minimum absolute atomic E-state index is 0.0162. The summed E-state index contributed by atoms with van der Waals surface area (Å²) in [5.41, 5.74) is 1.24. The molecule has 6 aromatic rings. The van der Waals surface area contributed by atoms with Gasteiger partial charge in [0, 0.05) is 80.8 Å². The fourth-order valence-electron chi connectivity index (χ4n) is 8.65. The van der Waals surface area contributed by atoms with Crippen LogP contribution in [0.1, 0.15) is 93.2 Å². The minimum Gasteiger partial charge on any atom is -0.478 e. The molecule has 5 N–H and O–H groups in total. The van der Waals surface area contributed by atoms with Crippen molar-refractivity contribution in [1.29, 1.82) is 0 Å². The zero-order valence-corrected chi connectivity index (χ0v) is 41.1. The van der Waals surface area contributed by atoms with Gasteiger partial charge < -0.3 is 49.9 Å². The van der Waals surface area contributed by atoms with Gasteiger partial charge in [0.25, 0.3) is 17.7 Å². The summed E-state index contributed by atoms with van der Waals surface area (Å²) in [7, 11) is 6.74. The molecule has 20 nitrogen and oxygen atoms in total. The summed E-state index contributed by atoms with van der Waals surface area (Å²) in [6, 6.07) is 15.3. The van der Waals surface area contributed by atoms with Crippen LogP contribution in [0.15, 0.2) is 81.9 Å². The molecule has 4 heterocycles. The lowest BCUT2D eigenvalue weighted by molar-refractivity contribution is -0.123. The van der Waals surface area contributed by atoms with Crippen molar-refractivity contribution in [3.8, 4) is 0 Å². The van der Waals surface area contributed by atoms with E-state index in [1.165, 1.54) is 41.6 Å². The number of hydrogen-bond donors (Lipinski definition) is 5. The zero-order valence-electron chi connectivity index (χ0n) is 39.6. The largest absolute Gasteiger partial charge is 0.478 e. The van der Waals surface area contributed by atoms with Gasteiger partial charge in [-0.1, -0.05) is 23.2 Å². The first-order valence-electron chi connectivity index (χ1n) is 22.8. The van der Waals surface area contributed by atoms with E-state index in [0.29, 0.717) is 83.3 Å². The summed E-state index contributed by atoms with van der Waals surface area (Å²) in [5.74, 6) is -3.64. The normalized spacial score (nSPS) is 17.4. The molecular formula is C50H51Cl2N9O11. The number of hydrogen-bond acceptors (Lipinski definition) is 12. The first-order valence-corrected chi connectivity index (χ1v) is 23.6. The average molecular weight is 1020 g/mol. The number of rotatable bonds is 14. The highest BCUT2D eigenvalue weighted by atomic mass is 35.5. The van der Waals surface area contributed by atoms with Crippen LogP contribution in [-0.4, -0.2) is 118 Å². The molecule has 0 aliphatic heterocycles. The van der Waals surface area contributed by atoms with E-state index in [4.69, 9.17) is 32.0 Å². The highest BCUT2D eigenvalue weighted by Gasteiger charge is 2.33. The van der Waals surface area contributed by atoms with Gasteiger partial charge in [-0.2, -0.15) is 0 Å². The summed E-state index contributed by atoms with van der Waals surface area (Å²) < 4.78 is 11.6. The van der Waals surface area contributed by atoms with Crippen molar-refractivity contribution in [3.63, 3.8) is 0 Å². The molecule has 0 spiro atoms. The van der Waals surface area contributed by atoms with Crippen molar-refractivity contribution < 1.29 is 52.3 Å². The lowest BCUT2D eigenvalue weighted by atomic mass is 9.85. The first kappa shape index (κ1) is 52.0. The maximum absolute atomic E-state index is 13.3. The second-order valence-corrected chi connectivity index (χ2v) is 18.6. The Morgan fingerprint density at radius 3 is 1.35 bits per heavy atom. The van der Waals surface area contributed by atoms with Gasteiger partial charge in [0.2, 0.25) is 36.2 Å². The number of nitrogens with one attached hydrogen (secondary N) is 4. The van der Waals surface area contributed by atoms with Crippen LogP contribution in [0.25, 0.3) is 21.9 Å². The minimum atomic E-state index is -1.15. The number of carboxylic acid groups (broad SMARTS) is 1. The molecule has 0 bridgehead atoms. The molecule has 376 valence electrons. The Morgan fingerprint density at radius 1 is 0.583 bits per heavy atom. The van der Waals surface area contributed by atoms with Crippen LogP contribution in [-0.2, 0) is 19.2 Å². The monoisotopic (exact) mass is 1020 g/mol. The molecule has 2 aromatic carbocycles. The van der Waals surface area contributed by atoms with E-state index >= 15 is 0 Å². The van der Waals surface area contributed by atoms with Crippen molar-refractivity contribution in [2.75, 3.05) is 49.5 Å². The predicted molar refractivity (Wildman–Crippen MR) is 268 cm³/mol. The number of anilines is 4. The standard InChI is InChI=1S/C26H28ClN5O5.C24H23ClN4O6/c1-31(2)26(36)16-6-10-20-19(12-16)22(23(37-20)25(35)29-21-11-7-17(27)13-28-21)30-24(34)15-4-8-18(9-5-15)32(3)14-33;1-29(12-30)16-6-2-13(3-7-16)22(31)28-20-17-10-14(24(33)34)4-8-18(17)35-21(20)23(32)27-19-9-5-15(25)11-26-19/h6-7,10-15,18H,4-5,8-9H2,1-3H3,(H,30,34)(H,28,29,35);4-5,8-13,16H,2-3,6-7H2,1H3,(H,28,31)(H,33,34)(H,26,27,32). The van der Waals surface area contributed by atoms with Gasteiger partial charge in [-0.05, 0) is 112 Å². The Balaban J connectivity index is 0.000000212. The van der Waals surface area contributed by atoms with E-state index < -0.39 is 17.8 Å². The molecule has 7 amide bonds. The second kappa shape index (κ2) is 22.9. The molecule has 2 aliphatic carbocycles. The molecule has 8 rings (SSSR count). The summed E-state index contributed by atoms with van der Waals surface area (Å²) in [4.78, 5) is 112. The van der Waals surface area contributed by atoms with E-state index in [0.717, 1.165) is 12.8 Å². The number of carboxylic acids is 1. The van der Waals surface area contributed by atoms with Gasteiger partial charge in [0.05, 0.1) is 15.6 Å². The molecule has 2 saturated carbocycles. The van der Waals surface area contributed by atoms with Crippen molar-refractivity contribution in [1.82, 2.24) is 24.7 Å². The van der Waals surface area contributed by atoms with Gasteiger partial charge in [-0.15, -0.1) is 0 Å². The van der Waals surface area contributed by atoms with Crippen molar-refractivity contribution in [2.24, 2.45) is 11.8 Å². The predicted octanol–water partition coefficient (Wildman–Crippen LogP) is 8.04. The lowest BCUT2D eigenvalue weighted by Crippen LogP contribution is -2.37. The number of fused-ring (bicyclic) bond motifs is 2. The number of aromatic carboxylic acids is 1. The highest BCUT2D eigenvalue weighted by Crippen LogP contribution is 2.37. The fraction of sp³-hybridized carbons (Fsp3) is 0.320. The van der Waals surface area contributed by atoms with Crippen LogP contribution < -0.4 is 21.3 Å². The molecular weight excluding hydrogens is 974 g/mol. The first-order chi connectivity index (χ1) is 34.4. The maximum atomic E-state index is 13.3. The van der Waals surface area contributed by atoms with E-state index in [1.807, 2.05) is 0 Å². The third kappa shape index (κ3) is 12.2. The van der Waals surface area contributed by atoms with E-state index in [2.05, 4.69) is 31.2 Å². The quantitative estimate of drug-likeness (QED) is 0.0648. The number of pyridine rings is 2. The molecule has 72 heavy (non-hydrogen) atoms. The van der Waals surface area contributed by atoms with Gasteiger partial charge in [0.15, 0.2) is 0 Å². The van der Waals surface area contributed by atoms with Gasteiger partial charge in [-0.3, -0.25) is 33.6 Å². The molecule has 0 atom stereocenters. The third-order valence-corrected chi connectivity index (χ3v) is 13.2. The average Bonchev–Trinajstić information content (AvgIpc) is 3.94. The Morgan fingerprint density at radius 2 is 0.986 bits per heavy atom. The topological polar surface area (TPSA) is 267 Å².